The summed E-state index contributed by atoms with van der Waals surface area (Å²) in [6, 6.07) is 13.1. The zero-order valence-electron chi connectivity index (χ0n) is 11.8. The average Bonchev–Trinajstić information content (AvgIpc) is 3.15. The van der Waals surface area contributed by atoms with Crippen LogP contribution in [-0.4, -0.2) is 20.7 Å². The number of amides is 1. The number of hydrogen-bond donors (Lipinski definition) is 1. The van der Waals surface area contributed by atoms with Crippen molar-refractivity contribution in [3.63, 3.8) is 0 Å². The molecule has 0 atom stereocenters. The number of nitrogens with one attached hydrogen (secondary N) is 1. The van der Waals surface area contributed by atoms with E-state index in [0.29, 0.717) is 11.5 Å². The van der Waals surface area contributed by atoms with Gasteiger partial charge < -0.3 is 9.73 Å². The Kier molecular flexibility index (Phi) is 2.69. The van der Waals surface area contributed by atoms with Crippen molar-refractivity contribution in [1.82, 2.24) is 14.8 Å². The SMILES string of the molecule is Cn1nc(NC(=O)c2ccco2)c2cc3ccccc3nc21. The molecule has 4 rings (SSSR count). The van der Waals surface area contributed by atoms with Gasteiger partial charge in [0.1, 0.15) is 0 Å². The van der Waals surface area contributed by atoms with Crippen LogP contribution in [0.25, 0.3) is 21.9 Å². The van der Waals surface area contributed by atoms with Crippen LogP contribution in [0.1, 0.15) is 10.6 Å². The van der Waals surface area contributed by atoms with E-state index in [-0.39, 0.29) is 11.7 Å². The van der Waals surface area contributed by atoms with E-state index in [4.69, 9.17) is 4.42 Å². The molecular weight excluding hydrogens is 280 g/mol. The smallest absolute Gasteiger partial charge is 0.292 e. The van der Waals surface area contributed by atoms with Gasteiger partial charge in [-0.25, -0.2) is 9.67 Å². The second kappa shape index (κ2) is 4.70. The van der Waals surface area contributed by atoms with Crippen LogP contribution in [0.3, 0.4) is 0 Å². The lowest BCUT2D eigenvalue weighted by Crippen LogP contribution is -2.11. The number of aromatic nitrogens is 3. The summed E-state index contributed by atoms with van der Waals surface area (Å²) in [4.78, 5) is 16.7. The number of para-hydroxylation sites is 1. The summed E-state index contributed by atoms with van der Waals surface area (Å²) in [5, 5.41) is 8.90. The fourth-order valence-corrected chi connectivity index (χ4v) is 2.45. The van der Waals surface area contributed by atoms with Crippen molar-refractivity contribution in [3.05, 3.63) is 54.5 Å². The predicted octanol–water partition coefficient (Wildman–Crippen LogP) is 2.97. The summed E-state index contributed by atoms with van der Waals surface area (Å²) in [7, 11) is 1.80. The number of rotatable bonds is 2. The Morgan fingerprint density at radius 3 is 2.91 bits per heavy atom. The summed E-state index contributed by atoms with van der Waals surface area (Å²) < 4.78 is 6.75. The number of hydrogen-bond acceptors (Lipinski definition) is 4. The van der Waals surface area contributed by atoms with Gasteiger partial charge in [-0.05, 0) is 24.3 Å². The maximum Gasteiger partial charge on any atom is 0.292 e. The highest BCUT2D eigenvalue weighted by Gasteiger charge is 2.16. The van der Waals surface area contributed by atoms with Crippen LogP contribution in [-0.2, 0) is 7.05 Å². The van der Waals surface area contributed by atoms with Crippen molar-refractivity contribution in [1.29, 1.82) is 0 Å². The van der Waals surface area contributed by atoms with E-state index in [1.807, 2.05) is 30.3 Å². The van der Waals surface area contributed by atoms with Crippen molar-refractivity contribution in [2.75, 3.05) is 5.32 Å². The zero-order chi connectivity index (χ0) is 15.1. The first-order chi connectivity index (χ1) is 10.7. The van der Waals surface area contributed by atoms with Gasteiger partial charge in [-0.3, -0.25) is 4.79 Å². The van der Waals surface area contributed by atoms with Crippen LogP contribution in [0.2, 0.25) is 0 Å². The van der Waals surface area contributed by atoms with Crippen LogP contribution < -0.4 is 5.32 Å². The highest BCUT2D eigenvalue weighted by atomic mass is 16.3. The third kappa shape index (κ3) is 1.93. The van der Waals surface area contributed by atoms with Crippen molar-refractivity contribution in [2.24, 2.45) is 7.05 Å². The molecule has 0 bridgehead atoms. The Labute approximate surface area is 125 Å². The summed E-state index contributed by atoms with van der Waals surface area (Å²) in [5.74, 6) is 0.378. The number of furan rings is 1. The third-order valence-corrected chi connectivity index (χ3v) is 3.49. The van der Waals surface area contributed by atoms with E-state index < -0.39 is 0 Å². The number of carbonyl (C=O) groups excluding carboxylic acids is 1. The van der Waals surface area contributed by atoms with E-state index in [1.54, 1.807) is 23.9 Å². The molecule has 0 aliphatic carbocycles. The molecule has 108 valence electrons. The minimum atomic E-state index is -0.335. The van der Waals surface area contributed by atoms with Gasteiger partial charge in [0.05, 0.1) is 17.2 Å². The Balaban J connectivity index is 1.84. The molecule has 4 aromatic rings. The molecule has 0 spiro atoms. The van der Waals surface area contributed by atoms with Crippen LogP contribution in [0, 0.1) is 0 Å². The number of aryl methyl sites for hydroxylation is 1. The van der Waals surface area contributed by atoms with Crippen molar-refractivity contribution in [3.8, 4) is 0 Å². The molecule has 0 aliphatic rings. The van der Waals surface area contributed by atoms with Crippen LogP contribution in [0.4, 0.5) is 5.82 Å². The molecule has 6 nitrogen and oxygen atoms in total. The minimum absolute atomic E-state index is 0.243. The van der Waals surface area contributed by atoms with Crippen LogP contribution in [0.5, 0.6) is 0 Å². The van der Waals surface area contributed by atoms with Gasteiger partial charge >= 0.3 is 0 Å². The largest absolute Gasteiger partial charge is 0.459 e. The molecule has 6 heteroatoms. The number of pyridine rings is 1. The first-order valence-electron chi connectivity index (χ1n) is 6.80. The number of anilines is 1. The Morgan fingerprint density at radius 1 is 1.23 bits per heavy atom. The fraction of sp³-hybridized carbons (Fsp3) is 0.0625. The van der Waals surface area contributed by atoms with E-state index >= 15 is 0 Å². The van der Waals surface area contributed by atoms with E-state index in [9.17, 15) is 4.79 Å². The monoisotopic (exact) mass is 292 g/mol. The molecule has 3 aromatic heterocycles. The maximum absolute atomic E-state index is 12.1. The lowest BCUT2D eigenvalue weighted by molar-refractivity contribution is 0.0996. The van der Waals surface area contributed by atoms with Gasteiger partial charge in [-0.15, -0.1) is 0 Å². The summed E-state index contributed by atoms with van der Waals surface area (Å²) in [5.41, 5.74) is 1.61. The third-order valence-electron chi connectivity index (χ3n) is 3.49. The molecular formula is C16H12N4O2. The number of fused-ring (bicyclic) bond motifs is 2. The normalized spacial score (nSPS) is 11.1. The molecule has 0 saturated heterocycles. The number of nitrogens with zero attached hydrogens (tertiary/aromatic N) is 3. The molecule has 0 fully saturated rings. The minimum Gasteiger partial charge on any atom is -0.459 e. The molecule has 3 heterocycles. The van der Waals surface area contributed by atoms with E-state index in [2.05, 4.69) is 15.4 Å². The molecule has 1 N–H and O–H groups in total. The predicted molar refractivity (Wildman–Crippen MR) is 82.7 cm³/mol. The Morgan fingerprint density at radius 2 is 2.09 bits per heavy atom. The first-order valence-corrected chi connectivity index (χ1v) is 6.80. The van der Waals surface area contributed by atoms with Crippen molar-refractivity contribution in [2.45, 2.75) is 0 Å². The van der Waals surface area contributed by atoms with Crippen molar-refractivity contribution < 1.29 is 9.21 Å². The van der Waals surface area contributed by atoms with Crippen LogP contribution in [0.15, 0.2) is 53.1 Å². The fourth-order valence-electron chi connectivity index (χ4n) is 2.45. The average molecular weight is 292 g/mol. The Hall–Kier alpha value is -3.15. The van der Waals surface area contributed by atoms with Gasteiger partial charge in [-0.2, -0.15) is 5.10 Å². The second-order valence-corrected chi connectivity index (χ2v) is 4.96. The molecule has 1 amide bonds. The standard InChI is InChI=1S/C16H12N4O2/c1-20-15-11(9-10-5-2-3-6-12(10)17-15)14(19-20)18-16(21)13-7-4-8-22-13/h2-9H,1H3,(H,18,19,21). The van der Waals surface area contributed by atoms with Gasteiger partial charge in [0.25, 0.3) is 5.91 Å². The highest BCUT2D eigenvalue weighted by molar-refractivity contribution is 6.07. The lowest BCUT2D eigenvalue weighted by Gasteiger charge is -2.00. The maximum atomic E-state index is 12.1. The first kappa shape index (κ1) is 12.6. The van der Waals surface area contributed by atoms with E-state index in [1.165, 1.54) is 6.26 Å². The Bertz CT molecular complexity index is 986. The second-order valence-electron chi connectivity index (χ2n) is 4.96. The number of benzene rings is 1. The number of carbonyl (C=O) groups is 1. The van der Waals surface area contributed by atoms with Crippen LogP contribution >= 0.6 is 0 Å². The van der Waals surface area contributed by atoms with Gasteiger partial charge in [0, 0.05) is 12.4 Å². The molecule has 0 aliphatic heterocycles. The highest BCUT2D eigenvalue weighted by Crippen LogP contribution is 2.25. The summed E-state index contributed by atoms with van der Waals surface area (Å²) in [6.45, 7) is 0. The molecule has 22 heavy (non-hydrogen) atoms. The quantitative estimate of drug-likeness (QED) is 0.616. The molecule has 0 radical (unpaired) electrons. The molecule has 1 aromatic carbocycles. The lowest BCUT2D eigenvalue weighted by atomic mass is 10.2. The zero-order valence-corrected chi connectivity index (χ0v) is 11.8. The molecule has 0 unspecified atom stereocenters. The van der Waals surface area contributed by atoms with Gasteiger partial charge in [0.15, 0.2) is 17.2 Å². The van der Waals surface area contributed by atoms with Crippen molar-refractivity contribution >= 4 is 33.7 Å². The summed E-state index contributed by atoms with van der Waals surface area (Å²) >= 11 is 0. The van der Waals surface area contributed by atoms with Gasteiger partial charge in [0.2, 0.25) is 0 Å². The van der Waals surface area contributed by atoms with Gasteiger partial charge in [-0.1, -0.05) is 18.2 Å². The molecule has 0 saturated carbocycles. The summed E-state index contributed by atoms with van der Waals surface area (Å²) in [6.07, 6.45) is 1.46. The topological polar surface area (TPSA) is 73.0 Å². The van der Waals surface area contributed by atoms with E-state index in [0.717, 1.165) is 16.3 Å².